The second kappa shape index (κ2) is 7.44. The van der Waals surface area contributed by atoms with E-state index in [0.29, 0.717) is 11.4 Å². The lowest BCUT2D eigenvalue weighted by Gasteiger charge is -2.11. The van der Waals surface area contributed by atoms with E-state index in [1.165, 1.54) is 0 Å². The maximum absolute atomic E-state index is 9.21. The van der Waals surface area contributed by atoms with Crippen LogP contribution < -0.4 is 0 Å². The van der Waals surface area contributed by atoms with Gasteiger partial charge in [-0.2, -0.15) is 5.26 Å². The summed E-state index contributed by atoms with van der Waals surface area (Å²) in [6, 6.07) is 7.99. The molecule has 0 aliphatic carbocycles. The molecule has 112 valence electrons. The maximum Gasteiger partial charge on any atom is 0.111 e. The van der Waals surface area contributed by atoms with E-state index in [1.54, 1.807) is 0 Å². The molecule has 0 aliphatic heterocycles. The number of alkyl halides is 1. The van der Waals surface area contributed by atoms with E-state index in [1.807, 2.05) is 18.2 Å². The number of hydrogen-bond acceptors (Lipinski definition) is 3. The van der Waals surface area contributed by atoms with Crippen molar-refractivity contribution in [2.24, 2.45) is 0 Å². The predicted molar refractivity (Wildman–Crippen MR) is 86.7 cm³/mol. The third kappa shape index (κ3) is 3.75. The Hall–Kier alpha value is -1.57. The van der Waals surface area contributed by atoms with Crippen molar-refractivity contribution in [3.8, 4) is 6.07 Å². The number of aromatic nitrogens is 2. The van der Waals surface area contributed by atoms with Gasteiger partial charge in [0.1, 0.15) is 17.4 Å². The van der Waals surface area contributed by atoms with Gasteiger partial charge in [-0.05, 0) is 45.6 Å². The number of fused-ring (bicyclic) bond motifs is 1. The second-order valence-corrected chi connectivity index (χ2v) is 5.79. The average molecular weight is 305 g/mol. The van der Waals surface area contributed by atoms with Crippen LogP contribution in [0.4, 0.5) is 0 Å². The number of halogens is 1. The fourth-order valence-corrected chi connectivity index (χ4v) is 2.68. The summed E-state index contributed by atoms with van der Waals surface area (Å²) in [5, 5.41) is 9.21. The Morgan fingerprint density at radius 1 is 1.33 bits per heavy atom. The number of para-hydroxylation sites is 1. The molecule has 0 unspecified atom stereocenters. The Morgan fingerprint density at radius 2 is 2.14 bits per heavy atom. The van der Waals surface area contributed by atoms with Gasteiger partial charge in [0.05, 0.1) is 11.1 Å². The van der Waals surface area contributed by atoms with Crippen LogP contribution in [-0.4, -0.2) is 41.0 Å². The first-order valence-electron chi connectivity index (χ1n) is 7.26. The Bertz CT molecular complexity index is 639. The van der Waals surface area contributed by atoms with Gasteiger partial charge >= 0.3 is 0 Å². The number of rotatable bonds is 7. The molecular formula is C16H21ClN4. The molecule has 5 heteroatoms. The minimum Gasteiger partial charge on any atom is -0.328 e. The minimum absolute atomic E-state index is 0.545. The number of hydrogen-bond donors (Lipinski definition) is 0. The van der Waals surface area contributed by atoms with Gasteiger partial charge < -0.3 is 9.47 Å². The normalized spacial score (nSPS) is 11.2. The van der Waals surface area contributed by atoms with Gasteiger partial charge in [-0.3, -0.25) is 0 Å². The monoisotopic (exact) mass is 304 g/mol. The number of nitrogens with zero attached hydrogens (tertiary/aromatic N) is 4. The first kappa shape index (κ1) is 15.8. The third-order valence-electron chi connectivity index (χ3n) is 3.53. The van der Waals surface area contributed by atoms with Gasteiger partial charge in [0.25, 0.3) is 0 Å². The Labute approximate surface area is 130 Å². The molecule has 2 aromatic rings. The Morgan fingerprint density at radius 3 is 2.81 bits per heavy atom. The summed E-state index contributed by atoms with van der Waals surface area (Å²) < 4.78 is 2.22. The van der Waals surface area contributed by atoms with Crippen LogP contribution in [0, 0.1) is 11.3 Å². The number of benzene rings is 1. The smallest absolute Gasteiger partial charge is 0.111 e. The molecule has 0 N–H and O–H groups in total. The van der Waals surface area contributed by atoms with Crippen molar-refractivity contribution >= 4 is 22.6 Å². The lowest BCUT2D eigenvalue weighted by Crippen LogP contribution is -2.14. The van der Waals surface area contributed by atoms with E-state index in [2.05, 4.69) is 34.6 Å². The Balaban J connectivity index is 2.27. The average Bonchev–Trinajstić information content (AvgIpc) is 2.81. The van der Waals surface area contributed by atoms with Gasteiger partial charge in [0.2, 0.25) is 0 Å². The molecule has 1 heterocycles. The molecule has 0 amide bonds. The predicted octanol–water partition coefficient (Wildman–Crippen LogP) is 3.03. The molecule has 2 rings (SSSR count). The highest BCUT2D eigenvalue weighted by Gasteiger charge is 2.12. The number of unbranched alkanes of at least 4 members (excludes halogenated alkanes) is 1. The van der Waals surface area contributed by atoms with Gasteiger partial charge in [-0.25, -0.2) is 4.98 Å². The molecule has 1 aromatic carbocycles. The fourth-order valence-electron chi connectivity index (χ4n) is 2.51. The highest BCUT2D eigenvalue weighted by atomic mass is 35.5. The van der Waals surface area contributed by atoms with E-state index in [-0.39, 0.29) is 0 Å². The highest BCUT2D eigenvalue weighted by molar-refractivity contribution is 6.17. The van der Waals surface area contributed by atoms with Crippen molar-refractivity contribution in [2.45, 2.75) is 25.8 Å². The van der Waals surface area contributed by atoms with Crippen LogP contribution in [0.15, 0.2) is 18.2 Å². The van der Waals surface area contributed by atoms with Gasteiger partial charge in [0, 0.05) is 18.8 Å². The quantitative estimate of drug-likeness (QED) is 0.583. The fraction of sp³-hybridized carbons (Fsp3) is 0.500. The van der Waals surface area contributed by atoms with Crippen LogP contribution in [0.2, 0.25) is 0 Å². The molecule has 0 atom stereocenters. The summed E-state index contributed by atoms with van der Waals surface area (Å²) in [6.45, 7) is 2.01. The van der Waals surface area contributed by atoms with E-state index in [9.17, 15) is 5.26 Å². The van der Waals surface area contributed by atoms with E-state index >= 15 is 0 Å². The second-order valence-electron chi connectivity index (χ2n) is 5.41. The molecule has 1 aromatic heterocycles. The van der Waals surface area contributed by atoms with Crippen molar-refractivity contribution < 1.29 is 0 Å². The van der Waals surface area contributed by atoms with E-state index in [0.717, 1.165) is 49.2 Å². The minimum atomic E-state index is 0.545. The molecule has 0 bridgehead atoms. The summed E-state index contributed by atoms with van der Waals surface area (Å²) in [5.41, 5.74) is 2.47. The molecule has 4 nitrogen and oxygen atoms in total. The van der Waals surface area contributed by atoms with Crippen LogP contribution in [0.3, 0.4) is 0 Å². The largest absolute Gasteiger partial charge is 0.328 e. The van der Waals surface area contributed by atoms with Crippen molar-refractivity contribution in [1.29, 1.82) is 5.26 Å². The van der Waals surface area contributed by atoms with Crippen LogP contribution in [0.5, 0.6) is 0 Å². The molecule has 21 heavy (non-hydrogen) atoms. The van der Waals surface area contributed by atoms with Crippen LogP contribution in [-0.2, 0) is 13.0 Å². The van der Waals surface area contributed by atoms with Crippen LogP contribution in [0.25, 0.3) is 11.0 Å². The summed E-state index contributed by atoms with van der Waals surface area (Å²) in [6.07, 6.45) is 2.97. The first-order valence-corrected chi connectivity index (χ1v) is 7.79. The first-order chi connectivity index (χ1) is 10.2. The number of nitriles is 1. The molecule has 0 radical (unpaired) electrons. The topological polar surface area (TPSA) is 44.9 Å². The van der Waals surface area contributed by atoms with Crippen LogP contribution in [0.1, 0.15) is 24.2 Å². The molecule has 0 saturated heterocycles. The zero-order valence-electron chi connectivity index (χ0n) is 12.6. The highest BCUT2D eigenvalue weighted by Crippen LogP contribution is 2.21. The third-order valence-corrected chi connectivity index (χ3v) is 3.72. The summed E-state index contributed by atoms with van der Waals surface area (Å²) in [7, 11) is 4.18. The molecule has 0 fully saturated rings. The van der Waals surface area contributed by atoms with Gasteiger partial charge in [-0.15, -0.1) is 11.6 Å². The van der Waals surface area contributed by atoms with E-state index < -0.39 is 0 Å². The summed E-state index contributed by atoms with van der Waals surface area (Å²) >= 11 is 5.89. The summed E-state index contributed by atoms with van der Waals surface area (Å²) in [5.74, 6) is 1.52. The van der Waals surface area contributed by atoms with Crippen molar-refractivity contribution in [1.82, 2.24) is 14.5 Å². The van der Waals surface area contributed by atoms with Crippen LogP contribution >= 0.6 is 11.6 Å². The van der Waals surface area contributed by atoms with Crippen molar-refractivity contribution in [2.75, 3.05) is 26.5 Å². The van der Waals surface area contributed by atoms with Crippen molar-refractivity contribution in [3.63, 3.8) is 0 Å². The summed E-state index contributed by atoms with van der Waals surface area (Å²) in [4.78, 5) is 6.83. The lowest BCUT2D eigenvalue weighted by atomic mass is 10.2. The SMILES string of the molecule is CN(C)CCCCn1c(CCCl)nc2c(C#N)cccc21. The molecular weight excluding hydrogens is 284 g/mol. The Kier molecular flexibility index (Phi) is 5.60. The molecule has 0 aliphatic rings. The van der Waals surface area contributed by atoms with Crippen molar-refractivity contribution in [3.05, 3.63) is 29.6 Å². The number of aryl methyl sites for hydroxylation is 2. The van der Waals surface area contributed by atoms with Gasteiger partial charge in [-0.1, -0.05) is 6.07 Å². The maximum atomic E-state index is 9.21. The zero-order valence-corrected chi connectivity index (χ0v) is 13.4. The zero-order chi connectivity index (χ0) is 15.2. The number of imidazole rings is 1. The van der Waals surface area contributed by atoms with Gasteiger partial charge in [0.15, 0.2) is 0 Å². The molecule has 0 spiro atoms. The lowest BCUT2D eigenvalue weighted by molar-refractivity contribution is 0.387. The standard InChI is InChI=1S/C16H21ClN4/c1-20(2)10-3-4-11-21-14-7-5-6-13(12-18)16(14)19-15(21)8-9-17/h5-7H,3-4,8-11H2,1-2H3. The van der Waals surface area contributed by atoms with E-state index in [4.69, 9.17) is 11.6 Å². The molecule has 0 saturated carbocycles.